The van der Waals surface area contributed by atoms with Crippen LogP contribution in [0.15, 0.2) is 48.5 Å². The number of piperazine rings is 1. The number of hydrogen-bond acceptors (Lipinski definition) is 6. The summed E-state index contributed by atoms with van der Waals surface area (Å²) in [5.41, 5.74) is 0.0824. The van der Waals surface area contributed by atoms with Gasteiger partial charge in [-0.1, -0.05) is 30.3 Å². The molecular weight excluding hydrogens is 446 g/mol. The van der Waals surface area contributed by atoms with Crippen LogP contribution in [-0.4, -0.2) is 68.5 Å². The van der Waals surface area contributed by atoms with Gasteiger partial charge in [0.2, 0.25) is 21.8 Å². The van der Waals surface area contributed by atoms with Crippen molar-refractivity contribution in [2.75, 3.05) is 33.6 Å². The van der Waals surface area contributed by atoms with Crippen molar-refractivity contribution < 1.29 is 27.5 Å². The quantitative estimate of drug-likeness (QED) is 0.619. The number of rotatable bonds is 8. The van der Waals surface area contributed by atoms with Crippen molar-refractivity contribution in [2.24, 2.45) is 0 Å². The third-order valence-electron chi connectivity index (χ3n) is 5.76. The standard InChI is InChI=1S/C23H29N3O6S/c1-23(22(28)24-13-17-8-6-5-7-9-17)16-25(33(4,29)30)15-21(27)26(23)14-18-12-19(31-2)10-11-20(18)32-3/h5-12H,13-16H2,1-4H3,(H,24,28). The average molecular weight is 476 g/mol. The van der Waals surface area contributed by atoms with E-state index in [0.29, 0.717) is 17.1 Å². The number of methoxy groups -OCH3 is 2. The van der Waals surface area contributed by atoms with Crippen LogP contribution in [0.3, 0.4) is 0 Å². The second kappa shape index (κ2) is 9.80. The van der Waals surface area contributed by atoms with Crippen LogP contribution in [0.2, 0.25) is 0 Å². The summed E-state index contributed by atoms with van der Waals surface area (Å²) in [5.74, 6) is 0.174. The van der Waals surface area contributed by atoms with Gasteiger partial charge in [-0.15, -0.1) is 0 Å². The Bertz CT molecular complexity index is 1120. The number of nitrogens with zero attached hydrogens (tertiary/aromatic N) is 2. The fourth-order valence-electron chi connectivity index (χ4n) is 3.83. The van der Waals surface area contributed by atoms with Gasteiger partial charge in [-0.05, 0) is 30.7 Å². The molecule has 2 amide bonds. The van der Waals surface area contributed by atoms with E-state index in [0.717, 1.165) is 16.1 Å². The highest BCUT2D eigenvalue weighted by Crippen LogP contribution is 2.31. The summed E-state index contributed by atoms with van der Waals surface area (Å²) in [7, 11) is -0.644. The predicted molar refractivity (Wildman–Crippen MR) is 123 cm³/mol. The lowest BCUT2D eigenvalue weighted by Gasteiger charge is -2.46. The van der Waals surface area contributed by atoms with Gasteiger partial charge in [0.25, 0.3) is 0 Å². The largest absolute Gasteiger partial charge is 0.497 e. The van der Waals surface area contributed by atoms with Gasteiger partial charge in [-0.2, -0.15) is 4.31 Å². The average Bonchev–Trinajstić information content (AvgIpc) is 2.79. The normalized spacial score (nSPS) is 19.3. The van der Waals surface area contributed by atoms with Gasteiger partial charge in [0, 0.05) is 18.7 Å². The minimum Gasteiger partial charge on any atom is -0.497 e. The first-order chi connectivity index (χ1) is 15.6. The van der Waals surface area contributed by atoms with Crippen LogP contribution < -0.4 is 14.8 Å². The molecule has 0 spiro atoms. The van der Waals surface area contributed by atoms with Gasteiger partial charge in [-0.3, -0.25) is 9.59 Å². The first kappa shape index (κ1) is 24.5. The van der Waals surface area contributed by atoms with E-state index in [4.69, 9.17) is 9.47 Å². The van der Waals surface area contributed by atoms with Crippen molar-refractivity contribution >= 4 is 21.8 Å². The second-order valence-electron chi connectivity index (χ2n) is 8.13. The molecule has 1 N–H and O–H groups in total. The molecule has 2 aromatic carbocycles. The van der Waals surface area contributed by atoms with E-state index in [1.807, 2.05) is 30.3 Å². The molecule has 9 nitrogen and oxygen atoms in total. The molecular formula is C23H29N3O6S. The van der Waals surface area contributed by atoms with Gasteiger partial charge < -0.3 is 19.7 Å². The molecule has 1 heterocycles. The molecule has 0 bridgehead atoms. The molecule has 0 aromatic heterocycles. The topological polar surface area (TPSA) is 105 Å². The Labute approximate surface area is 194 Å². The molecule has 0 aliphatic carbocycles. The predicted octanol–water partition coefficient (Wildman–Crippen LogP) is 1.38. The van der Waals surface area contributed by atoms with Gasteiger partial charge in [0.1, 0.15) is 17.0 Å². The minimum atomic E-state index is -3.69. The number of carbonyl (C=O) groups excluding carboxylic acids is 2. The third-order valence-corrected chi connectivity index (χ3v) is 6.96. The highest BCUT2D eigenvalue weighted by atomic mass is 32.2. The zero-order valence-corrected chi connectivity index (χ0v) is 20.0. The Hall–Kier alpha value is -3.11. The van der Waals surface area contributed by atoms with E-state index >= 15 is 0 Å². The molecule has 0 saturated carbocycles. The number of ether oxygens (including phenoxy) is 2. The number of hydrogen-bond donors (Lipinski definition) is 1. The van der Waals surface area contributed by atoms with Crippen molar-refractivity contribution in [3.63, 3.8) is 0 Å². The van der Waals surface area contributed by atoms with Crippen LogP contribution in [0.4, 0.5) is 0 Å². The summed E-state index contributed by atoms with van der Waals surface area (Å²) in [5, 5.41) is 2.86. The lowest BCUT2D eigenvalue weighted by molar-refractivity contribution is -0.153. The molecule has 1 aliphatic heterocycles. The molecule has 1 aliphatic rings. The fourth-order valence-corrected chi connectivity index (χ4v) is 4.66. The molecule has 1 saturated heterocycles. The van der Waals surface area contributed by atoms with Gasteiger partial charge in [0.05, 0.1) is 33.6 Å². The maximum absolute atomic E-state index is 13.4. The Morgan fingerprint density at radius 2 is 1.82 bits per heavy atom. The molecule has 33 heavy (non-hydrogen) atoms. The van der Waals surface area contributed by atoms with Gasteiger partial charge >= 0.3 is 0 Å². The number of benzene rings is 2. The van der Waals surface area contributed by atoms with Gasteiger partial charge in [-0.25, -0.2) is 8.42 Å². The highest BCUT2D eigenvalue weighted by Gasteiger charge is 2.49. The Morgan fingerprint density at radius 3 is 2.42 bits per heavy atom. The van der Waals surface area contributed by atoms with Crippen molar-refractivity contribution in [3.8, 4) is 11.5 Å². The molecule has 10 heteroatoms. The van der Waals surface area contributed by atoms with E-state index < -0.39 is 27.4 Å². The lowest BCUT2D eigenvalue weighted by Crippen LogP contribution is -2.69. The highest BCUT2D eigenvalue weighted by molar-refractivity contribution is 7.88. The summed E-state index contributed by atoms with van der Waals surface area (Å²) < 4.78 is 36.3. The van der Waals surface area contributed by atoms with E-state index in [1.54, 1.807) is 25.1 Å². The summed E-state index contributed by atoms with van der Waals surface area (Å²) in [6.45, 7) is 1.37. The molecule has 0 radical (unpaired) electrons. The fraction of sp³-hybridized carbons (Fsp3) is 0.391. The van der Waals surface area contributed by atoms with Crippen LogP contribution in [0.1, 0.15) is 18.1 Å². The van der Waals surface area contributed by atoms with Crippen LogP contribution in [0.5, 0.6) is 11.5 Å². The van der Waals surface area contributed by atoms with Crippen molar-refractivity contribution in [1.82, 2.24) is 14.5 Å². The monoisotopic (exact) mass is 475 g/mol. The van der Waals surface area contributed by atoms with Crippen molar-refractivity contribution in [2.45, 2.75) is 25.6 Å². The first-order valence-corrected chi connectivity index (χ1v) is 12.2. The summed E-state index contributed by atoms with van der Waals surface area (Å²) in [4.78, 5) is 28.0. The Kier molecular flexibility index (Phi) is 7.28. The third kappa shape index (κ3) is 5.45. The minimum absolute atomic E-state index is 0.0477. The number of nitrogens with one attached hydrogen (secondary N) is 1. The van der Waals surface area contributed by atoms with Crippen LogP contribution in [-0.2, 0) is 32.7 Å². The zero-order valence-electron chi connectivity index (χ0n) is 19.2. The number of carbonyl (C=O) groups is 2. The molecule has 2 aromatic rings. The zero-order chi connectivity index (χ0) is 24.2. The Balaban J connectivity index is 1.95. The van der Waals surface area contributed by atoms with E-state index in [9.17, 15) is 18.0 Å². The lowest BCUT2D eigenvalue weighted by atomic mass is 9.94. The Morgan fingerprint density at radius 1 is 1.12 bits per heavy atom. The molecule has 1 fully saturated rings. The maximum Gasteiger partial charge on any atom is 0.247 e. The summed E-state index contributed by atoms with van der Waals surface area (Å²) in [6, 6.07) is 14.5. The smallest absolute Gasteiger partial charge is 0.247 e. The first-order valence-electron chi connectivity index (χ1n) is 10.4. The number of sulfonamides is 1. The second-order valence-corrected chi connectivity index (χ2v) is 10.1. The maximum atomic E-state index is 13.4. The van der Waals surface area contributed by atoms with Gasteiger partial charge in [0.15, 0.2) is 0 Å². The number of amides is 2. The molecule has 1 atom stereocenters. The summed E-state index contributed by atoms with van der Waals surface area (Å²) >= 11 is 0. The van der Waals surface area contributed by atoms with Crippen molar-refractivity contribution in [3.05, 3.63) is 59.7 Å². The van der Waals surface area contributed by atoms with Crippen LogP contribution >= 0.6 is 0 Å². The molecule has 178 valence electrons. The molecule has 3 rings (SSSR count). The van der Waals surface area contributed by atoms with Crippen LogP contribution in [0, 0.1) is 0 Å². The van der Waals surface area contributed by atoms with E-state index in [2.05, 4.69) is 5.32 Å². The van der Waals surface area contributed by atoms with E-state index in [1.165, 1.54) is 19.1 Å². The molecule has 1 unspecified atom stereocenters. The van der Waals surface area contributed by atoms with E-state index in [-0.39, 0.29) is 26.2 Å². The van der Waals surface area contributed by atoms with Crippen molar-refractivity contribution in [1.29, 1.82) is 0 Å². The summed E-state index contributed by atoms with van der Waals surface area (Å²) in [6.07, 6.45) is 1.03. The SMILES string of the molecule is COc1ccc(OC)c(CN2C(=O)CN(S(C)(=O)=O)CC2(C)C(=O)NCc2ccccc2)c1. The van der Waals surface area contributed by atoms with Crippen LogP contribution in [0.25, 0.3) is 0 Å².